The molecule has 0 amide bonds. The number of hydrogen-bond donors (Lipinski definition) is 1. The molecule has 20 heavy (non-hydrogen) atoms. The summed E-state index contributed by atoms with van der Waals surface area (Å²) in [7, 11) is 0. The summed E-state index contributed by atoms with van der Waals surface area (Å²) in [5.74, 6) is 1.76. The Morgan fingerprint density at radius 3 is 2.55 bits per heavy atom. The zero-order valence-electron chi connectivity index (χ0n) is 11.4. The second-order valence-electron chi connectivity index (χ2n) is 4.81. The lowest BCUT2D eigenvalue weighted by molar-refractivity contribution is 0.480. The highest BCUT2D eigenvalue weighted by Gasteiger charge is 2.12. The molecule has 4 heteroatoms. The van der Waals surface area contributed by atoms with Crippen molar-refractivity contribution in [1.82, 2.24) is 0 Å². The Labute approximate surface area is 129 Å². The smallest absolute Gasteiger partial charge is 0.139 e. The van der Waals surface area contributed by atoms with Gasteiger partial charge in [-0.05, 0) is 35.7 Å². The zero-order valence-corrected chi connectivity index (χ0v) is 13.0. The summed E-state index contributed by atoms with van der Waals surface area (Å²) in [5, 5.41) is 0.495. The molecule has 0 aromatic heterocycles. The van der Waals surface area contributed by atoms with Crippen molar-refractivity contribution in [2.24, 2.45) is 5.73 Å². The van der Waals surface area contributed by atoms with Gasteiger partial charge in [0.2, 0.25) is 0 Å². The van der Waals surface area contributed by atoms with Crippen LogP contribution in [0.4, 0.5) is 0 Å². The lowest BCUT2D eigenvalue weighted by Crippen LogP contribution is -2.11. The highest BCUT2D eigenvalue weighted by atomic mass is 35.5. The Bertz CT molecular complexity index is 640. The average Bonchev–Trinajstić information content (AvgIpc) is 2.38. The zero-order chi connectivity index (χ0) is 14.7. The molecule has 0 saturated carbocycles. The van der Waals surface area contributed by atoms with E-state index in [1.54, 1.807) is 6.07 Å². The van der Waals surface area contributed by atoms with Crippen LogP contribution in [0.3, 0.4) is 0 Å². The molecule has 0 unspecified atom stereocenters. The normalized spacial score (nSPS) is 10.6. The van der Waals surface area contributed by atoms with E-state index in [0.717, 1.165) is 5.75 Å². The van der Waals surface area contributed by atoms with Crippen molar-refractivity contribution in [3.63, 3.8) is 0 Å². The Hall–Kier alpha value is -1.58. The van der Waals surface area contributed by atoms with Gasteiger partial charge >= 0.3 is 0 Å². The Morgan fingerprint density at radius 2 is 1.90 bits per heavy atom. The lowest BCUT2D eigenvalue weighted by Gasteiger charge is -2.13. The number of halogens is 1. The first-order chi connectivity index (χ1) is 9.49. The third-order valence-corrected chi connectivity index (χ3v) is 3.49. The first-order valence-corrected chi connectivity index (χ1v) is 7.14. The van der Waals surface area contributed by atoms with Gasteiger partial charge in [-0.15, -0.1) is 0 Å². The van der Waals surface area contributed by atoms with Gasteiger partial charge < -0.3 is 10.5 Å². The van der Waals surface area contributed by atoms with E-state index in [9.17, 15) is 0 Å². The summed E-state index contributed by atoms with van der Waals surface area (Å²) in [6, 6.07) is 13.3. The van der Waals surface area contributed by atoms with Gasteiger partial charge in [-0.3, -0.25) is 0 Å². The summed E-state index contributed by atoms with van der Waals surface area (Å²) >= 11 is 11.2. The second kappa shape index (κ2) is 6.25. The SMILES string of the molecule is CC(C)c1cccc(Oc2cccc(Cl)c2C(N)=S)c1. The predicted molar refractivity (Wildman–Crippen MR) is 87.9 cm³/mol. The highest BCUT2D eigenvalue weighted by Crippen LogP contribution is 2.31. The molecule has 2 nitrogen and oxygen atoms in total. The van der Waals surface area contributed by atoms with Crippen LogP contribution in [0.2, 0.25) is 5.02 Å². The summed E-state index contributed by atoms with van der Waals surface area (Å²) in [5.41, 5.74) is 7.49. The van der Waals surface area contributed by atoms with Crippen molar-refractivity contribution in [3.8, 4) is 11.5 Å². The lowest BCUT2D eigenvalue weighted by atomic mass is 10.0. The van der Waals surface area contributed by atoms with Gasteiger partial charge in [-0.1, -0.05) is 55.9 Å². The molecule has 0 aliphatic heterocycles. The van der Waals surface area contributed by atoms with Gasteiger partial charge in [0.1, 0.15) is 16.5 Å². The number of rotatable bonds is 4. The van der Waals surface area contributed by atoms with Gasteiger partial charge in [0, 0.05) is 0 Å². The van der Waals surface area contributed by atoms with Crippen molar-refractivity contribution in [1.29, 1.82) is 0 Å². The van der Waals surface area contributed by atoms with Crippen molar-refractivity contribution in [2.45, 2.75) is 19.8 Å². The molecule has 2 N–H and O–H groups in total. The Kier molecular flexibility index (Phi) is 4.63. The molecule has 0 spiro atoms. The molecule has 0 atom stereocenters. The van der Waals surface area contributed by atoms with E-state index in [4.69, 9.17) is 34.3 Å². The molecule has 0 aliphatic carbocycles. The first-order valence-electron chi connectivity index (χ1n) is 6.35. The fourth-order valence-electron chi connectivity index (χ4n) is 1.89. The molecule has 0 heterocycles. The number of ether oxygens (including phenoxy) is 1. The number of nitrogens with two attached hydrogens (primary N) is 1. The summed E-state index contributed by atoms with van der Waals surface area (Å²) in [6.45, 7) is 4.28. The first kappa shape index (κ1) is 14.8. The van der Waals surface area contributed by atoms with E-state index >= 15 is 0 Å². The van der Waals surface area contributed by atoms with Crippen LogP contribution in [0, 0.1) is 0 Å². The summed E-state index contributed by atoms with van der Waals surface area (Å²) in [6.07, 6.45) is 0. The van der Waals surface area contributed by atoms with E-state index in [-0.39, 0.29) is 4.99 Å². The number of thiocarbonyl (C=S) groups is 1. The topological polar surface area (TPSA) is 35.2 Å². The predicted octanol–water partition coefficient (Wildman–Crippen LogP) is 4.89. The van der Waals surface area contributed by atoms with Crippen LogP contribution < -0.4 is 10.5 Å². The minimum Gasteiger partial charge on any atom is -0.457 e. The van der Waals surface area contributed by atoms with Crippen LogP contribution in [-0.4, -0.2) is 4.99 Å². The van der Waals surface area contributed by atoms with Crippen molar-refractivity contribution in [2.75, 3.05) is 0 Å². The molecule has 0 radical (unpaired) electrons. The summed E-state index contributed by atoms with van der Waals surface area (Å²) in [4.78, 5) is 0.227. The van der Waals surface area contributed by atoms with Crippen LogP contribution >= 0.6 is 23.8 Å². The molecule has 0 saturated heterocycles. The van der Waals surface area contributed by atoms with Crippen LogP contribution in [0.1, 0.15) is 30.9 Å². The molecule has 104 valence electrons. The van der Waals surface area contributed by atoms with Crippen molar-refractivity contribution >= 4 is 28.8 Å². The molecule has 2 aromatic rings. The van der Waals surface area contributed by atoms with Gasteiger partial charge in [-0.2, -0.15) is 0 Å². The standard InChI is InChI=1S/C16H16ClNOS/c1-10(2)11-5-3-6-12(9-11)19-14-8-4-7-13(17)15(14)16(18)20/h3-10H,1-2H3,(H2,18,20). The third kappa shape index (κ3) is 3.30. The molecule has 0 aliphatic rings. The minimum absolute atomic E-state index is 0.227. The maximum absolute atomic E-state index is 6.12. The third-order valence-electron chi connectivity index (χ3n) is 2.97. The maximum Gasteiger partial charge on any atom is 0.139 e. The molecule has 2 aromatic carbocycles. The van der Waals surface area contributed by atoms with E-state index < -0.39 is 0 Å². The molecular formula is C16H16ClNOS. The van der Waals surface area contributed by atoms with Gasteiger partial charge in [0.15, 0.2) is 0 Å². The van der Waals surface area contributed by atoms with E-state index in [1.807, 2.05) is 30.3 Å². The Balaban J connectivity index is 2.38. The van der Waals surface area contributed by atoms with E-state index in [2.05, 4.69) is 19.9 Å². The molecule has 2 rings (SSSR count). The molecule has 0 bridgehead atoms. The minimum atomic E-state index is 0.227. The molecular weight excluding hydrogens is 290 g/mol. The fourth-order valence-corrected chi connectivity index (χ4v) is 2.43. The van der Waals surface area contributed by atoms with Crippen molar-refractivity contribution in [3.05, 3.63) is 58.6 Å². The highest BCUT2D eigenvalue weighted by molar-refractivity contribution is 7.80. The fraction of sp³-hybridized carbons (Fsp3) is 0.188. The Morgan fingerprint density at radius 1 is 1.20 bits per heavy atom. The van der Waals surface area contributed by atoms with Gasteiger partial charge in [0.25, 0.3) is 0 Å². The maximum atomic E-state index is 6.12. The molecule has 0 fully saturated rings. The van der Waals surface area contributed by atoms with Crippen LogP contribution in [-0.2, 0) is 0 Å². The van der Waals surface area contributed by atoms with E-state index in [1.165, 1.54) is 5.56 Å². The van der Waals surface area contributed by atoms with E-state index in [0.29, 0.717) is 22.3 Å². The number of benzene rings is 2. The van der Waals surface area contributed by atoms with Crippen molar-refractivity contribution < 1.29 is 4.74 Å². The van der Waals surface area contributed by atoms with Gasteiger partial charge in [-0.25, -0.2) is 0 Å². The van der Waals surface area contributed by atoms with Crippen LogP contribution in [0.25, 0.3) is 0 Å². The van der Waals surface area contributed by atoms with Gasteiger partial charge in [0.05, 0.1) is 10.6 Å². The monoisotopic (exact) mass is 305 g/mol. The van der Waals surface area contributed by atoms with Crippen LogP contribution in [0.5, 0.6) is 11.5 Å². The quantitative estimate of drug-likeness (QED) is 0.817. The largest absolute Gasteiger partial charge is 0.457 e. The number of hydrogen-bond acceptors (Lipinski definition) is 2. The summed E-state index contributed by atoms with van der Waals surface area (Å²) < 4.78 is 5.89. The average molecular weight is 306 g/mol. The second-order valence-corrected chi connectivity index (χ2v) is 5.65. The van der Waals surface area contributed by atoms with Crippen LogP contribution in [0.15, 0.2) is 42.5 Å².